The largest absolute Gasteiger partial charge is 0.314 e. The van der Waals surface area contributed by atoms with Crippen LogP contribution in [0.15, 0.2) is 4.60 Å². The van der Waals surface area contributed by atoms with Crippen LogP contribution in [0.5, 0.6) is 0 Å². The van der Waals surface area contributed by atoms with Crippen molar-refractivity contribution in [3.63, 3.8) is 0 Å². The van der Waals surface area contributed by atoms with Gasteiger partial charge in [0.1, 0.15) is 0 Å². The van der Waals surface area contributed by atoms with Crippen LogP contribution in [0.2, 0.25) is 0 Å². The predicted octanol–water partition coefficient (Wildman–Crippen LogP) is 1.68. The second-order valence-electron chi connectivity index (χ2n) is 3.52. The highest BCUT2D eigenvalue weighted by molar-refractivity contribution is 9.10. The lowest BCUT2D eigenvalue weighted by Crippen LogP contribution is -2.31. The molecule has 0 amide bonds. The highest BCUT2D eigenvalue weighted by Crippen LogP contribution is 2.24. The lowest BCUT2D eigenvalue weighted by Gasteiger charge is -2.20. The maximum absolute atomic E-state index is 3.98. The average molecular weight is 261 g/mol. The lowest BCUT2D eigenvalue weighted by molar-refractivity contribution is 0.470. The molecule has 0 spiro atoms. The summed E-state index contributed by atoms with van der Waals surface area (Å²) >= 11 is 3.41. The quantitative estimate of drug-likeness (QED) is 0.896. The molecule has 0 radical (unpaired) electrons. The van der Waals surface area contributed by atoms with Crippen LogP contribution in [0.1, 0.15) is 32.4 Å². The van der Waals surface area contributed by atoms with Gasteiger partial charge in [-0.3, -0.25) is 4.68 Å². The number of hydrogen-bond acceptors (Lipinski definition) is 3. The number of rotatable bonds is 4. The molecule has 14 heavy (non-hydrogen) atoms. The molecule has 4 nitrogen and oxygen atoms in total. The predicted molar refractivity (Wildman–Crippen MR) is 60.3 cm³/mol. The number of nitrogens with one attached hydrogen (secondary N) is 1. The van der Waals surface area contributed by atoms with Crippen molar-refractivity contribution in [1.29, 1.82) is 0 Å². The van der Waals surface area contributed by atoms with Gasteiger partial charge in [0.05, 0.1) is 5.69 Å². The fraction of sp³-hybridized carbons (Fsp3) is 0.778. The second kappa shape index (κ2) is 4.89. The first-order valence-electron chi connectivity index (χ1n) is 4.86. The highest BCUT2D eigenvalue weighted by Gasteiger charge is 2.20. The summed E-state index contributed by atoms with van der Waals surface area (Å²) in [6.07, 6.45) is 0. The Labute approximate surface area is 93.2 Å². The maximum atomic E-state index is 3.98. The molecule has 2 atom stereocenters. The van der Waals surface area contributed by atoms with Crippen LogP contribution in [0.25, 0.3) is 0 Å². The van der Waals surface area contributed by atoms with Crippen molar-refractivity contribution in [3.05, 3.63) is 10.3 Å². The van der Waals surface area contributed by atoms with Gasteiger partial charge in [-0.05, 0) is 29.4 Å². The Morgan fingerprint density at radius 3 is 2.57 bits per heavy atom. The first kappa shape index (κ1) is 11.7. The third-order valence-electron chi connectivity index (χ3n) is 2.53. The van der Waals surface area contributed by atoms with E-state index in [0.29, 0.717) is 12.0 Å². The molecule has 0 aliphatic carbocycles. The summed E-state index contributed by atoms with van der Waals surface area (Å²) in [6, 6.07) is 0.425. The third-order valence-corrected chi connectivity index (χ3v) is 3.10. The van der Waals surface area contributed by atoms with Crippen LogP contribution < -0.4 is 5.32 Å². The zero-order valence-electron chi connectivity index (χ0n) is 9.08. The lowest BCUT2D eigenvalue weighted by atomic mass is 10.0. The Bertz CT molecular complexity index is 278. The summed E-state index contributed by atoms with van der Waals surface area (Å²) in [5, 5.41) is 11.4. The Balaban J connectivity index is 2.82. The number of halogens is 1. The molecule has 0 saturated heterocycles. The molecule has 0 aliphatic rings. The Morgan fingerprint density at radius 2 is 2.14 bits per heavy atom. The molecule has 1 aromatic heterocycles. The van der Waals surface area contributed by atoms with Gasteiger partial charge in [0.15, 0.2) is 4.60 Å². The van der Waals surface area contributed by atoms with Crippen LogP contribution in [0.4, 0.5) is 0 Å². The van der Waals surface area contributed by atoms with Crippen molar-refractivity contribution in [2.75, 3.05) is 6.54 Å². The highest BCUT2D eigenvalue weighted by atomic mass is 79.9. The minimum atomic E-state index is 0.393. The van der Waals surface area contributed by atoms with Crippen molar-refractivity contribution in [2.24, 2.45) is 7.05 Å². The van der Waals surface area contributed by atoms with E-state index in [4.69, 9.17) is 0 Å². The Morgan fingerprint density at radius 1 is 1.50 bits per heavy atom. The van der Waals surface area contributed by atoms with Crippen LogP contribution in [0, 0.1) is 0 Å². The van der Waals surface area contributed by atoms with Gasteiger partial charge in [-0.2, -0.15) is 0 Å². The van der Waals surface area contributed by atoms with E-state index in [1.54, 1.807) is 0 Å². The van der Waals surface area contributed by atoms with Gasteiger partial charge >= 0.3 is 0 Å². The standard InChI is InChI=1S/C9H17BrN4/c1-5-11-7(3)6(2)8-9(10)12-13-14(8)4/h6-7,11H,5H2,1-4H3. The molecule has 80 valence electrons. The molecular weight excluding hydrogens is 244 g/mol. The van der Waals surface area contributed by atoms with Crippen LogP contribution in [0.3, 0.4) is 0 Å². The van der Waals surface area contributed by atoms with E-state index >= 15 is 0 Å². The summed E-state index contributed by atoms with van der Waals surface area (Å²) < 4.78 is 2.67. The first-order chi connectivity index (χ1) is 6.57. The minimum absolute atomic E-state index is 0.393. The van der Waals surface area contributed by atoms with Crippen molar-refractivity contribution < 1.29 is 0 Å². The zero-order valence-corrected chi connectivity index (χ0v) is 10.7. The molecule has 5 heteroatoms. The molecule has 2 unspecified atom stereocenters. The van der Waals surface area contributed by atoms with Crippen molar-refractivity contribution in [3.8, 4) is 0 Å². The summed E-state index contributed by atoms with van der Waals surface area (Å²) in [5.74, 6) is 0.393. The van der Waals surface area contributed by atoms with Crippen LogP contribution in [-0.2, 0) is 7.05 Å². The molecule has 0 aromatic carbocycles. The van der Waals surface area contributed by atoms with Gasteiger partial charge in [0.2, 0.25) is 0 Å². The average Bonchev–Trinajstić information content (AvgIpc) is 2.46. The van der Waals surface area contributed by atoms with E-state index in [1.807, 2.05) is 11.7 Å². The molecule has 0 fully saturated rings. The fourth-order valence-electron chi connectivity index (χ4n) is 1.56. The molecule has 1 rings (SSSR count). The monoisotopic (exact) mass is 260 g/mol. The normalized spacial score (nSPS) is 15.5. The summed E-state index contributed by atoms with van der Waals surface area (Å²) in [5.41, 5.74) is 1.14. The van der Waals surface area contributed by atoms with Gasteiger partial charge in [0.25, 0.3) is 0 Å². The number of likely N-dealkylation sites (N-methyl/N-ethyl adjacent to an activating group) is 1. The Hall–Kier alpha value is -0.420. The van der Waals surface area contributed by atoms with Crippen molar-refractivity contribution in [2.45, 2.75) is 32.7 Å². The van der Waals surface area contributed by atoms with E-state index < -0.39 is 0 Å². The fourth-order valence-corrected chi connectivity index (χ4v) is 2.25. The third kappa shape index (κ3) is 2.33. The molecule has 0 saturated carbocycles. The van der Waals surface area contributed by atoms with Crippen LogP contribution in [-0.4, -0.2) is 27.6 Å². The number of aromatic nitrogens is 3. The van der Waals surface area contributed by atoms with E-state index in [1.165, 1.54) is 0 Å². The second-order valence-corrected chi connectivity index (χ2v) is 4.28. The summed E-state index contributed by atoms with van der Waals surface area (Å²) in [4.78, 5) is 0. The topological polar surface area (TPSA) is 42.7 Å². The van der Waals surface area contributed by atoms with E-state index in [-0.39, 0.29) is 0 Å². The zero-order chi connectivity index (χ0) is 10.7. The van der Waals surface area contributed by atoms with Crippen LogP contribution >= 0.6 is 15.9 Å². The minimum Gasteiger partial charge on any atom is -0.314 e. The molecule has 1 heterocycles. The number of hydrogen-bond donors (Lipinski definition) is 1. The molecule has 1 N–H and O–H groups in total. The Kier molecular flexibility index (Phi) is 4.07. The van der Waals surface area contributed by atoms with Crippen molar-refractivity contribution in [1.82, 2.24) is 20.3 Å². The van der Waals surface area contributed by atoms with Gasteiger partial charge in [-0.1, -0.05) is 19.1 Å². The van der Waals surface area contributed by atoms with Gasteiger partial charge in [0, 0.05) is 19.0 Å². The molecular formula is C9H17BrN4. The number of nitrogens with zero attached hydrogens (tertiary/aromatic N) is 3. The smallest absolute Gasteiger partial charge is 0.151 e. The first-order valence-corrected chi connectivity index (χ1v) is 5.65. The van der Waals surface area contributed by atoms with Gasteiger partial charge < -0.3 is 5.32 Å². The molecule has 0 bridgehead atoms. The van der Waals surface area contributed by atoms with E-state index in [9.17, 15) is 0 Å². The van der Waals surface area contributed by atoms with Crippen molar-refractivity contribution >= 4 is 15.9 Å². The van der Waals surface area contributed by atoms with E-state index in [0.717, 1.165) is 16.8 Å². The maximum Gasteiger partial charge on any atom is 0.151 e. The SMILES string of the molecule is CCNC(C)C(C)c1c(Br)nnn1C. The van der Waals surface area contributed by atoms with Gasteiger partial charge in [-0.15, -0.1) is 5.10 Å². The summed E-state index contributed by atoms with van der Waals surface area (Å²) in [7, 11) is 1.92. The number of aryl methyl sites for hydroxylation is 1. The van der Waals surface area contributed by atoms with Gasteiger partial charge in [-0.25, -0.2) is 0 Å². The van der Waals surface area contributed by atoms with E-state index in [2.05, 4.69) is 52.3 Å². The summed E-state index contributed by atoms with van der Waals surface area (Å²) in [6.45, 7) is 7.44. The molecule has 0 aliphatic heterocycles. The molecule has 1 aromatic rings.